The maximum Gasteiger partial charge on any atom is 0.236 e. The molecule has 2 heterocycles. The molecule has 1 amide bonds. The molecule has 0 fully saturated rings. The van der Waals surface area contributed by atoms with Gasteiger partial charge in [-0.3, -0.25) is 4.79 Å². The van der Waals surface area contributed by atoms with E-state index in [1.54, 1.807) is 24.3 Å². The second kappa shape index (κ2) is 8.15. The van der Waals surface area contributed by atoms with Crippen LogP contribution in [-0.2, 0) is 26.9 Å². The number of nitrogens with one attached hydrogen (secondary N) is 1. The summed E-state index contributed by atoms with van der Waals surface area (Å²) in [6.45, 7) is 0.113. The number of thiophene rings is 1. The van der Waals surface area contributed by atoms with Gasteiger partial charge in [0.2, 0.25) is 11.8 Å². The number of hydrogen-bond acceptors (Lipinski definition) is 6. The maximum absolute atomic E-state index is 12.2. The molecule has 9 heteroatoms. The number of carbonyl (C=O) groups is 1. The number of halogens is 1. The molecule has 1 aromatic carbocycles. The zero-order valence-corrected chi connectivity index (χ0v) is 16.7. The van der Waals surface area contributed by atoms with Gasteiger partial charge in [0.1, 0.15) is 12.0 Å². The molecular weight excluding hydrogens is 440 g/mol. The smallest absolute Gasteiger partial charge is 0.236 e. The van der Waals surface area contributed by atoms with Crippen LogP contribution in [0.5, 0.6) is 0 Å². The predicted molar refractivity (Wildman–Crippen MR) is 103 cm³/mol. The summed E-state index contributed by atoms with van der Waals surface area (Å²) in [6.07, 6.45) is 1.45. The normalized spacial score (nSPS) is 11.4. The third-order valence-corrected chi connectivity index (χ3v) is 6.26. The van der Waals surface area contributed by atoms with Gasteiger partial charge in [0, 0.05) is 4.47 Å². The Labute approximate surface area is 163 Å². The summed E-state index contributed by atoms with van der Waals surface area (Å²) in [6, 6.07) is 10.7. The Hall–Kier alpha value is -1.97. The van der Waals surface area contributed by atoms with Crippen molar-refractivity contribution in [1.82, 2.24) is 10.3 Å². The summed E-state index contributed by atoms with van der Waals surface area (Å²) in [4.78, 5) is 17.1. The van der Waals surface area contributed by atoms with Crippen molar-refractivity contribution in [2.24, 2.45) is 0 Å². The van der Waals surface area contributed by atoms with Crippen LogP contribution in [0.4, 0.5) is 0 Å². The molecule has 0 aliphatic heterocycles. The van der Waals surface area contributed by atoms with Crippen LogP contribution >= 0.6 is 27.3 Å². The quantitative estimate of drug-likeness (QED) is 0.590. The van der Waals surface area contributed by atoms with Crippen molar-refractivity contribution in [2.75, 3.05) is 5.75 Å². The summed E-state index contributed by atoms with van der Waals surface area (Å²) in [7, 11) is -3.55. The van der Waals surface area contributed by atoms with E-state index in [1.165, 1.54) is 17.6 Å². The Morgan fingerprint density at radius 3 is 2.69 bits per heavy atom. The maximum atomic E-state index is 12.2. The Balaban J connectivity index is 1.52. The fourth-order valence-corrected chi connectivity index (χ4v) is 4.45. The first-order valence-corrected chi connectivity index (χ1v) is 11.1. The lowest BCUT2D eigenvalue weighted by Gasteiger charge is -2.05. The minimum Gasteiger partial charge on any atom is -0.443 e. The number of oxazole rings is 1. The van der Waals surface area contributed by atoms with Crippen LogP contribution in [0.3, 0.4) is 0 Å². The van der Waals surface area contributed by atoms with E-state index in [0.29, 0.717) is 17.1 Å². The Bertz CT molecular complexity index is 980. The first-order chi connectivity index (χ1) is 12.4. The lowest BCUT2D eigenvalue weighted by atomic mass is 10.2. The second-order valence-corrected chi connectivity index (χ2v) is 9.48. The summed E-state index contributed by atoms with van der Waals surface area (Å²) in [5.41, 5.74) is 1.17. The van der Waals surface area contributed by atoms with Gasteiger partial charge in [0.25, 0.3) is 0 Å². The fraction of sp³-hybridized carbons (Fsp3) is 0.176. The number of rotatable bonds is 7. The van der Waals surface area contributed by atoms with Crippen LogP contribution in [0.1, 0.15) is 11.3 Å². The second-order valence-electron chi connectivity index (χ2n) is 5.56. The molecule has 6 nitrogen and oxygen atoms in total. The van der Waals surface area contributed by atoms with Gasteiger partial charge in [-0.05, 0) is 29.1 Å². The highest BCUT2D eigenvalue weighted by molar-refractivity contribution is 9.10. The van der Waals surface area contributed by atoms with Crippen LogP contribution in [0.15, 0.2) is 56.9 Å². The van der Waals surface area contributed by atoms with E-state index in [1.807, 2.05) is 17.5 Å². The highest BCUT2D eigenvalue weighted by Gasteiger charge is 2.18. The van der Waals surface area contributed by atoms with E-state index >= 15 is 0 Å². The Morgan fingerprint density at radius 2 is 2.00 bits per heavy atom. The molecule has 0 bridgehead atoms. The SMILES string of the molecule is O=C(CS(=O)(=O)Cc1ccc(Br)cc1)NCc1coc(-c2cccs2)n1. The third kappa shape index (κ3) is 5.26. The molecule has 26 heavy (non-hydrogen) atoms. The molecule has 3 rings (SSSR count). The van der Waals surface area contributed by atoms with Crippen molar-refractivity contribution in [3.8, 4) is 10.8 Å². The molecule has 136 valence electrons. The molecule has 0 radical (unpaired) electrons. The van der Waals surface area contributed by atoms with Crippen molar-refractivity contribution < 1.29 is 17.6 Å². The largest absolute Gasteiger partial charge is 0.443 e. The van der Waals surface area contributed by atoms with E-state index in [9.17, 15) is 13.2 Å². The lowest BCUT2D eigenvalue weighted by Crippen LogP contribution is -2.30. The minimum atomic E-state index is -3.55. The highest BCUT2D eigenvalue weighted by atomic mass is 79.9. The number of benzene rings is 1. The lowest BCUT2D eigenvalue weighted by molar-refractivity contribution is -0.118. The molecule has 0 atom stereocenters. The summed E-state index contributed by atoms with van der Waals surface area (Å²) < 4.78 is 30.5. The first kappa shape index (κ1) is 18.8. The van der Waals surface area contributed by atoms with Crippen molar-refractivity contribution in [1.29, 1.82) is 0 Å². The topological polar surface area (TPSA) is 89.3 Å². The van der Waals surface area contributed by atoms with Crippen molar-refractivity contribution in [2.45, 2.75) is 12.3 Å². The third-order valence-electron chi connectivity index (χ3n) is 3.40. The Kier molecular flexibility index (Phi) is 5.90. The summed E-state index contributed by atoms with van der Waals surface area (Å²) in [5, 5.41) is 4.48. The highest BCUT2D eigenvalue weighted by Crippen LogP contribution is 2.23. The van der Waals surface area contributed by atoms with Gasteiger partial charge in [-0.15, -0.1) is 11.3 Å². The first-order valence-electron chi connectivity index (χ1n) is 7.61. The standard InChI is InChI=1S/C17H15BrN2O4S2/c18-13-5-3-12(4-6-13)10-26(22,23)11-16(21)19-8-14-9-24-17(20-14)15-2-1-7-25-15/h1-7,9H,8,10-11H2,(H,19,21). The zero-order chi connectivity index (χ0) is 18.6. The number of hydrogen-bond donors (Lipinski definition) is 1. The number of nitrogens with zero attached hydrogens (tertiary/aromatic N) is 1. The van der Waals surface area contributed by atoms with E-state index in [4.69, 9.17) is 4.42 Å². The van der Waals surface area contributed by atoms with Crippen LogP contribution in [0.2, 0.25) is 0 Å². The molecule has 2 aromatic heterocycles. The minimum absolute atomic E-state index is 0.113. The van der Waals surface area contributed by atoms with Gasteiger partial charge in [-0.1, -0.05) is 34.1 Å². The van der Waals surface area contributed by atoms with Gasteiger partial charge >= 0.3 is 0 Å². The van der Waals surface area contributed by atoms with Crippen LogP contribution in [-0.4, -0.2) is 25.1 Å². The zero-order valence-electron chi connectivity index (χ0n) is 13.5. The van der Waals surface area contributed by atoms with E-state index in [-0.39, 0.29) is 12.3 Å². The number of carbonyl (C=O) groups excluding carboxylic acids is 1. The summed E-state index contributed by atoms with van der Waals surface area (Å²) in [5.74, 6) is -0.839. The van der Waals surface area contributed by atoms with Crippen molar-refractivity contribution in [3.63, 3.8) is 0 Å². The van der Waals surface area contributed by atoms with Crippen LogP contribution in [0.25, 0.3) is 10.8 Å². The van der Waals surface area contributed by atoms with Gasteiger partial charge in [0.05, 0.1) is 22.9 Å². The molecule has 0 saturated heterocycles. The predicted octanol–water partition coefficient (Wildman–Crippen LogP) is 3.40. The van der Waals surface area contributed by atoms with E-state index in [0.717, 1.165) is 9.35 Å². The molecule has 0 saturated carbocycles. The molecule has 0 aliphatic carbocycles. The van der Waals surface area contributed by atoms with Crippen molar-refractivity contribution >= 4 is 43.0 Å². The monoisotopic (exact) mass is 454 g/mol. The van der Waals surface area contributed by atoms with E-state index < -0.39 is 21.5 Å². The molecule has 0 spiro atoms. The fourth-order valence-electron chi connectivity index (χ4n) is 2.23. The van der Waals surface area contributed by atoms with Crippen LogP contribution in [0, 0.1) is 0 Å². The van der Waals surface area contributed by atoms with Gasteiger partial charge in [-0.25, -0.2) is 13.4 Å². The van der Waals surface area contributed by atoms with Gasteiger partial charge < -0.3 is 9.73 Å². The number of amides is 1. The van der Waals surface area contributed by atoms with E-state index in [2.05, 4.69) is 26.2 Å². The summed E-state index contributed by atoms with van der Waals surface area (Å²) >= 11 is 4.79. The molecule has 1 N–H and O–H groups in total. The van der Waals surface area contributed by atoms with Gasteiger partial charge in [-0.2, -0.15) is 0 Å². The van der Waals surface area contributed by atoms with Crippen molar-refractivity contribution in [3.05, 3.63) is 63.8 Å². The molecule has 0 aliphatic rings. The number of aromatic nitrogens is 1. The Morgan fingerprint density at radius 1 is 1.23 bits per heavy atom. The molecular formula is C17H15BrN2O4S2. The average molecular weight is 455 g/mol. The number of sulfone groups is 1. The molecule has 3 aromatic rings. The average Bonchev–Trinajstić information content (AvgIpc) is 3.25. The molecule has 0 unspecified atom stereocenters. The van der Waals surface area contributed by atoms with Crippen LogP contribution < -0.4 is 5.32 Å². The van der Waals surface area contributed by atoms with Gasteiger partial charge in [0.15, 0.2) is 9.84 Å².